The summed E-state index contributed by atoms with van der Waals surface area (Å²) in [4.78, 5) is 3.98. The molecule has 18 heavy (non-hydrogen) atoms. The fourth-order valence-electron chi connectivity index (χ4n) is 1.84. The lowest BCUT2D eigenvalue weighted by Crippen LogP contribution is -1.97. The summed E-state index contributed by atoms with van der Waals surface area (Å²) in [6.07, 6.45) is 4.68. The number of hydrogen-bond acceptors (Lipinski definition) is 2. The van der Waals surface area contributed by atoms with Crippen LogP contribution in [-0.2, 0) is 13.0 Å². The van der Waals surface area contributed by atoms with Crippen molar-refractivity contribution in [3.63, 3.8) is 0 Å². The molecule has 0 radical (unpaired) electrons. The van der Waals surface area contributed by atoms with Crippen molar-refractivity contribution in [3.05, 3.63) is 59.9 Å². The van der Waals surface area contributed by atoms with Gasteiger partial charge in [0.15, 0.2) is 0 Å². The molecule has 0 bridgehead atoms. The first kappa shape index (κ1) is 12.6. The second kappa shape index (κ2) is 6.20. The molecule has 2 rings (SSSR count). The Morgan fingerprint density at radius 2 is 1.61 bits per heavy atom. The Bertz CT molecular complexity index is 462. The molecule has 0 saturated carbocycles. The number of hydrogen-bond donors (Lipinski definition) is 0. The Balaban J connectivity index is 1.90. The van der Waals surface area contributed by atoms with Crippen LogP contribution < -0.4 is 4.74 Å². The highest BCUT2D eigenvalue weighted by Crippen LogP contribution is 2.16. The van der Waals surface area contributed by atoms with E-state index in [9.17, 15) is 0 Å². The molecular formula is C16H19NO. The number of aromatic nitrogens is 1. The van der Waals surface area contributed by atoms with Crippen molar-refractivity contribution >= 4 is 0 Å². The zero-order valence-corrected chi connectivity index (χ0v) is 11.0. The summed E-state index contributed by atoms with van der Waals surface area (Å²) >= 11 is 0. The van der Waals surface area contributed by atoms with Gasteiger partial charge in [0, 0.05) is 12.4 Å². The minimum absolute atomic E-state index is 0.589. The van der Waals surface area contributed by atoms with Crippen LogP contribution in [0, 0.1) is 5.92 Å². The largest absolute Gasteiger partial charge is 0.489 e. The smallest absolute Gasteiger partial charge is 0.119 e. The van der Waals surface area contributed by atoms with Crippen LogP contribution in [-0.4, -0.2) is 4.98 Å². The molecule has 0 amide bonds. The Labute approximate surface area is 109 Å². The standard InChI is InChI=1S/C16H19NO/c1-13(2)11-14-3-5-16(6-4-14)18-12-15-7-9-17-10-8-15/h3-10,13H,11-12H2,1-2H3. The average molecular weight is 241 g/mol. The van der Waals surface area contributed by atoms with Crippen LogP contribution in [0.3, 0.4) is 0 Å². The zero-order chi connectivity index (χ0) is 12.8. The highest BCUT2D eigenvalue weighted by molar-refractivity contribution is 5.27. The van der Waals surface area contributed by atoms with Crippen molar-refractivity contribution in [1.29, 1.82) is 0 Å². The third-order valence-corrected chi connectivity index (χ3v) is 2.72. The van der Waals surface area contributed by atoms with E-state index in [1.807, 2.05) is 24.3 Å². The Hall–Kier alpha value is -1.83. The lowest BCUT2D eigenvalue weighted by Gasteiger charge is -2.08. The lowest BCUT2D eigenvalue weighted by molar-refractivity contribution is 0.306. The SMILES string of the molecule is CC(C)Cc1ccc(OCc2ccncc2)cc1. The summed E-state index contributed by atoms with van der Waals surface area (Å²) in [6.45, 7) is 5.05. The van der Waals surface area contributed by atoms with Crippen LogP contribution in [0.2, 0.25) is 0 Å². The van der Waals surface area contributed by atoms with E-state index in [2.05, 4.69) is 31.0 Å². The second-order valence-corrected chi connectivity index (χ2v) is 4.89. The van der Waals surface area contributed by atoms with E-state index in [-0.39, 0.29) is 0 Å². The topological polar surface area (TPSA) is 22.1 Å². The molecule has 2 aromatic rings. The van der Waals surface area contributed by atoms with Crippen molar-refractivity contribution in [3.8, 4) is 5.75 Å². The maximum atomic E-state index is 5.72. The van der Waals surface area contributed by atoms with Crippen LogP contribution in [0.1, 0.15) is 25.0 Å². The normalized spacial score (nSPS) is 10.6. The predicted octanol–water partition coefficient (Wildman–Crippen LogP) is 3.86. The van der Waals surface area contributed by atoms with Gasteiger partial charge in [-0.1, -0.05) is 26.0 Å². The van der Waals surface area contributed by atoms with Crippen molar-refractivity contribution in [1.82, 2.24) is 4.98 Å². The highest BCUT2D eigenvalue weighted by Gasteiger charge is 1.99. The molecule has 0 N–H and O–H groups in total. The average Bonchev–Trinajstić information content (AvgIpc) is 2.38. The molecule has 0 atom stereocenters. The predicted molar refractivity (Wildman–Crippen MR) is 73.6 cm³/mol. The maximum absolute atomic E-state index is 5.72. The van der Waals surface area contributed by atoms with Crippen LogP contribution in [0.4, 0.5) is 0 Å². The molecule has 94 valence electrons. The molecule has 0 saturated heterocycles. The molecule has 2 nitrogen and oxygen atoms in total. The van der Waals surface area contributed by atoms with Gasteiger partial charge in [0.25, 0.3) is 0 Å². The summed E-state index contributed by atoms with van der Waals surface area (Å²) in [5.74, 6) is 1.60. The van der Waals surface area contributed by atoms with Crippen molar-refractivity contribution < 1.29 is 4.74 Å². The van der Waals surface area contributed by atoms with Crippen LogP contribution in [0.15, 0.2) is 48.8 Å². The van der Waals surface area contributed by atoms with Gasteiger partial charge in [-0.05, 0) is 47.7 Å². The van der Waals surface area contributed by atoms with E-state index in [4.69, 9.17) is 4.74 Å². The fourth-order valence-corrected chi connectivity index (χ4v) is 1.84. The summed E-state index contributed by atoms with van der Waals surface area (Å²) < 4.78 is 5.72. The molecule has 0 aliphatic carbocycles. The van der Waals surface area contributed by atoms with E-state index >= 15 is 0 Å². The van der Waals surface area contributed by atoms with Gasteiger partial charge in [0.1, 0.15) is 12.4 Å². The number of rotatable bonds is 5. The van der Waals surface area contributed by atoms with Gasteiger partial charge in [-0.2, -0.15) is 0 Å². The Kier molecular flexibility index (Phi) is 4.35. The van der Waals surface area contributed by atoms with Gasteiger partial charge in [-0.15, -0.1) is 0 Å². The Morgan fingerprint density at radius 1 is 0.944 bits per heavy atom. The monoisotopic (exact) mass is 241 g/mol. The van der Waals surface area contributed by atoms with E-state index < -0.39 is 0 Å². The third-order valence-electron chi connectivity index (χ3n) is 2.72. The number of ether oxygens (including phenoxy) is 1. The zero-order valence-electron chi connectivity index (χ0n) is 11.0. The minimum atomic E-state index is 0.589. The number of pyridine rings is 1. The van der Waals surface area contributed by atoms with Gasteiger partial charge in [0.05, 0.1) is 0 Å². The van der Waals surface area contributed by atoms with Gasteiger partial charge in [-0.25, -0.2) is 0 Å². The van der Waals surface area contributed by atoms with Gasteiger partial charge >= 0.3 is 0 Å². The fraction of sp³-hybridized carbons (Fsp3) is 0.312. The molecule has 0 spiro atoms. The van der Waals surface area contributed by atoms with E-state index in [1.54, 1.807) is 12.4 Å². The molecule has 0 aliphatic heterocycles. The molecule has 1 aromatic carbocycles. The molecule has 0 fully saturated rings. The first-order chi connectivity index (χ1) is 8.74. The van der Waals surface area contributed by atoms with Gasteiger partial charge in [-0.3, -0.25) is 4.98 Å². The molecule has 2 heteroatoms. The van der Waals surface area contributed by atoms with Gasteiger partial charge < -0.3 is 4.74 Å². The summed E-state index contributed by atoms with van der Waals surface area (Å²) in [5.41, 5.74) is 2.50. The van der Waals surface area contributed by atoms with Gasteiger partial charge in [0.2, 0.25) is 0 Å². The first-order valence-electron chi connectivity index (χ1n) is 6.34. The molecule has 0 aliphatic rings. The number of benzene rings is 1. The minimum Gasteiger partial charge on any atom is -0.489 e. The molecular weight excluding hydrogens is 222 g/mol. The summed E-state index contributed by atoms with van der Waals surface area (Å²) in [7, 11) is 0. The van der Waals surface area contributed by atoms with Crippen molar-refractivity contribution in [2.24, 2.45) is 5.92 Å². The molecule has 0 unspecified atom stereocenters. The third kappa shape index (κ3) is 3.88. The summed E-state index contributed by atoms with van der Waals surface area (Å²) in [6, 6.07) is 12.3. The van der Waals surface area contributed by atoms with Crippen molar-refractivity contribution in [2.45, 2.75) is 26.9 Å². The first-order valence-corrected chi connectivity index (χ1v) is 6.34. The van der Waals surface area contributed by atoms with Crippen LogP contribution in [0.5, 0.6) is 5.75 Å². The van der Waals surface area contributed by atoms with E-state index in [0.717, 1.165) is 17.7 Å². The highest BCUT2D eigenvalue weighted by atomic mass is 16.5. The maximum Gasteiger partial charge on any atom is 0.119 e. The van der Waals surface area contributed by atoms with Crippen LogP contribution in [0.25, 0.3) is 0 Å². The van der Waals surface area contributed by atoms with E-state index in [1.165, 1.54) is 5.56 Å². The van der Waals surface area contributed by atoms with Crippen molar-refractivity contribution in [2.75, 3.05) is 0 Å². The summed E-state index contributed by atoms with van der Waals surface area (Å²) in [5, 5.41) is 0. The lowest BCUT2D eigenvalue weighted by atomic mass is 10.0. The second-order valence-electron chi connectivity index (χ2n) is 4.89. The molecule has 1 aromatic heterocycles. The van der Waals surface area contributed by atoms with Crippen LogP contribution >= 0.6 is 0 Å². The van der Waals surface area contributed by atoms with E-state index in [0.29, 0.717) is 12.5 Å². The molecule has 1 heterocycles. The number of nitrogens with zero attached hydrogens (tertiary/aromatic N) is 1. The quantitative estimate of drug-likeness (QED) is 0.793. The Morgan fingerprint density at radius 3 is 2.22 bits per heavy atom.